The summed E-state index contributed by atoms with van der Waals surface area (Å²) in [6.07, 6.45) is 4.93. The highest BCUT2D eigenvalue weighted by Gasteiger charge is 2.72. The fourth-order valence-electron chi connectivity index (χ4n) is 7.72. The van der Waals surface area contributed by atoms with Gasteiger partial charge in [-0.15, -0.1) is 0 Å². The molecular formula is C27H28N2O3. The summed E-state index contributed by atoms with van der Waals surface area (Å²) in [6.45, 7) is 2.14. The van der Waals surface area contributed by atoms with Crippen LogP contribution in [0.15, 0.2) is 36.4 Å². The zero-order valence-corrected chi connectivity index (χ0v) is 18.4. The highest BCUT2D eigenvalue weighted by atomic mass is 16.5. The van der Waals surface area contributed by atoms with E-state index in [1.807, 2.05) is 0 Å². The molecule has 5 heteroatoms. The number of piperidine rings is 1. The maximum atomic E-state index is 12.8. The van der Waals surface area contributed by atoms with Gasteiger partial charge in [0.25, 0.3) is 0 Å². The van der Waals surface area contributed by atoms with Crippen molar-refractivity contribution in [2.24, 2.45) is 5.92 Å². The Bertz CT molecular complexity index is 1290. The summed E-state index contributed by atoms with van der Waals surface area (Å²) >= 11 is 0. The van der Waals surface area contributed by atoms with Gasteiger partial charge in [-0.05, 0) is 61.4 Å². The number of fused-ring (bicyclic) bond motifs is 4. The van der Waals surface area contributed by atoms with Crippen LogP contribution in [-0.4, -0.2) is 46.8 Å². The van der Waals surface area contributed by atoms with Crippen molar-refractivity contribution >= 4 is 10.9 Å². The average molecular weight is 429 g/mol. The summed E-state index contributed by atoms with van der Waals surface area (Å²) in [4.78, 5) is 6.32. The molecule has 164 valence electrons. The molecule has 1 saturated heterocycles. The summed E-state index contributed by atoms with van der Waals surface area (Å²) in [7, 11) is 1.71. The highest BCUT2D eigenvalue weighted by Crippen LogP contribution is 2.69. The number of benzene rings is 2. The third-order valence-corrected chi connectivity index (χ3v) is 9.27. The SMILES string of the molecule is COc1ccc2c3c1O[C@H]1c4[nH]c5ccccc5c4C[C@@]4(O)[C@H](C2)N(CC2CC2)CC[C@]314. The van der Waals surface area contributed by atoms with Crippen LogP contribution in [0.5, 0.6) is 11.5 Å². The van der Waals surface area contributed by atoms with Gasteiger partial charge >= 0.3 is 0 Å². The van der Waals surface area contributed by atoms with E-state index in [-0.39, 0.29) is 12.1 Å². The van der Waals surface area contributed by atoms with Crippen LogP contribution in [-0.2, 0) is 18.3 Å². The molecule has 2 bridgehead atoms. The van der Waals surface area contributed by atoms with E-state index < -0.39 is 11.0 Å². The van der Waals surface area contributed by atoms with Gasteiger partial charge in [-0.25, -0.2) is 0 Å². The van der Waals surface area contributed by atoms with Crippen molar-refractivity contribution in [1.29, 1.82) is 0 Å². The summed E-state index contributed by atoms with van der Waals surface area (Å²) in [5, 5.41) is 14.0. The van der Waals surface area contributed by atoms with E-state index in [0.29, 0.717) is 6.42 Å². The predicted molar refractivity (Wildman–Crippen MR) is 121 cm³/mol. The Balaban J connectivity index is 1.42. The lowest BCUT2D eigenvalue weighted by atomic mass is 9.49. The number of aliphatic hydroxyl groups is 1. The van der Waals surface area contributed by atoms with Crippen molar-refractivity contribution < 1.29 is 14.6 Å². The molecule has 2 fully saturated rings. The van der Waals surface area contributed by atoms with Crippen molar-refractivity contribution in [2.45, 2.75) is 55.3 Å². The lowest BCUT2D eigenvalue weighted by molar-refractivity contribution is -0.173. The van der Waals surface area contributed by atoms with E-state index in [0.717, 1.165) is 54.6 Å². The molecule has 32 heavy (non-hydrogen) atoms. The number of para-hydroxylation sites is 1. The summed E-state index contributed by atoms with van der Waals surface area (Å²) in [5.74, 6) is 2.45. The lowest BCUT2D eigenvalue weighted by Crippen LogP contribution is -2.74. The zero-order valence-electron chi connectivity index (χ0n) is 18.4. The molecule has 1 saturated carbocycles. The molecule has 0 unspecified atom stereocenters. The van der Waals surface area contributed by atoms with Gasteiger partial charge in [0.05, 0.1) is 23.8 Å². The Morgan fingerprint density at radius 3 is 2.94 bits per heavy atom. The summed E-state index contributed by atoms with van der Waals surface area (Å²) < 4.78 is 12.6. The standard InChI is InChI=1S/C27H28N2O3/c1-31-20-9-8-16-12-21-27(30)13-18-17-4-2-3-5-19(17)28-23(18)25-26(27,22(16)24(20)32-25)10-11-29(21)14-15-6-7-15/h2-5,8-9,15,21,25,28,30H,6-7,10-14H2,1H3/t21-,25-,26-,27+/m0/s1. The first-order chi connectivity index (χ1) is 15.6. The van der Waals surface area contributed by atoms with Crippen LogP contribution in [0.4, 0.5) is 0 Å². The molecule has 2 aliphatic heterocycles. The number of hydrogen-bond acceptors (Lipinski definition) is 4. The van der Waals surface area contributed by atoms with Gasteiger partial charge in [-0.2, -0.15) is 0 Å². The van der Waals surface area contributed by atoms with Crippen molar-refractivity contribution in [3.05, 3.63) is 58.8 Å². The number of ether oxygens (including phenoxy) is 2. The number of hydrogen-bond donors (Lipinski definition) is 2. The van der Waals surface area contributed by atoms with E-state index in [1.165, 1.54) is 34.9 Å². The predicted octanol–water partition coefficient (Wildman–Crippen LogP) is 3.88. The number of aromatic nitrogens is 1. The van der Waals surface area contributed by atoms with Crippen LogP contribution in [0.1, 0.15) is 47.8 Å². The van der Waals surface area contributed by atoms with Gasteiger partial charge in [-0.3, -0.25) is 4.90 Å². The van der Waals surface area contributed by atoms with Crippen LogP contribution in [0.25, 0.3) is 10.9 Å². The molecule has 5 nitrogen and oxygen atoms in total. The Morgan fingerprint density at radius 2 is 2.09 bits per heavy atom. The van der Waals surface area contributed by atoms with Crippen molar-refractivity contribution in [1.82, 2.24) is 9.88 Å². The molecular weight excluding hydrogens is 400 g/mol. The molecule has 2 aromatic carbocycles. The van der Waals surface area contributed by atoms with Crippen LogP contribution >= 0.6 is 0 Å². The third kappa shape index (κ3) is 1.91. The van der Waals surface area contributed by atoms with Crippen LogP contribution in [0.3, 0.4) is 0 Å². The van der Waals surface area contributed by atoms with E-state index in [4.69, 9.17) is 9.47 Å². The summed E-state index contributed by atoms with van der Waals surface area (Å²) in [5.41, 5.74) is 4.78. The average Bonchev–Trinajstić information content (AvgIpc) is 3.44. The topological polar surface area (TPSA) is 57.7 Å². The van der Waals surface area contributed by atoms with Crippen molar-refractivity contribution in [3.63, 3.8) is 0 Å². The number of aromatic amines is 1. The number of likely N-dealkylation sites (tertiary alicyclic amines) is 1. The lowest BCUT2D eigenvalue weighted by Gasteiger charge is -2.62. The van der Waals surface area contributed by atoms with Gasteiger partial charge in [-0.1, -0.05) is 24.3 Å². The van der Waals surface area contributed by atoms with Gasteiger partial charge < -0.3 is 19.6 Å². The number of H-pyrrole nitrogens is 1. The second kappa shape index (κ2) is 5.70. The second-order valence-corrected chi connectivity index (χ2v) is 10.7. The molecule has 3 heterocycles. The minimum absolute atomic E-state index is 0.122. The first-order valence-electron chi connectivity index (χ1n) is 12.1. The van der Waals surface area contributed by atoms with Gasteiger partial charge in [0.15, 0.2) is 17.6 Å². The molecule has 5 aliphatic rings. The molecule has 1 spiro atoms. The normalized spacial score (nSPS) is 34.2. The third-order valence-electron chi connectivity index (χ3n) is 9.27. The molecule has 3 aromatic rings. The second-order valence-electron chi connectivity index (χ2n) is 10.7. The van der Waals surface area contributed by atoms with Crippen molar-refractivity contribution in [3.8, 4) is 11.5 Å². The molecule has 0 radical (unpaired) electrons. The first-order valence-corrected chi connectivity index (χ1v) is 12.1. The summed E-state index contributed by atoms with van der Waals surface area (Å²) in [6, 6.07) is 12.9. The minimum Gasteiger partial charge on any atom is -0.493 e. The largest absolute Gasteiger partial charge is 0.493 e. The van der Waals surface area contributed by atoms with E-state index >= 15 is 0 Å². The first kappa shape index (κ1) is 18.0. The van der Waals surface area contributed by atoms with Crippen LogP contribution in [0.2, 0.25) is 0 Å². The number of methoxy groups -OCH3 is 1. The maximum absolute atomic E-state index is 12.8. The maximum Gasteiger partial charge on any atom is 0.166 e. The molecule has 4 atom stereocenters. The minimum atomic E-state index is -0.854. The number of nitrogens with zero attached hydrogens (tertiary/aromatic N) is 1. The van der Waals surface area contributed by atoms with E-state index in [9.17, 15) is 5.11 Å². The monoisotopic (exact) mass is 428 g/mol. The molecule has 8 rings (SSSR count). The highest BCUT2D eigenvalue weighted by molar-refractivity contribution is 5.86. The van der Waals surface area contributed by atoms with Gasteiger partial charge in [0.2, 0.25) is 0 Å². The van der Waals surface area contributed by atoms with E-state index in [2.05, 4.69) is 46.3 Å². The zero-order chi connectivity index (χ0) is 21.2. The Labute approximate surface area is 187 Å². The molecule has 3 aliphatic carbocycles. The van der Waals surface area contributed by atoms with E-state index in [1.54, 1.807) is 7.11 Å². The van der Waals surface area contributed by atoms with Crippen LogP contribution < -0.4 is 9.47 Å². The Hall–Kier alpha value is -2.50. The molecule has 0 amide bonds. The molecule has 1 aromatic heterocycles. The number of nitrogens with one attached hydrogen (secondary N) is 1. The van der Waals surface area contributed by atoms with Crippen LogP contribution in [0, 0.1) is 5.92 Å². The molecule has 2 N–H and O–H groups in total. The van der Waals surface area contributed by atoms with Gasteiger partial charge in [0, 0.05) is 35.5 Å². The fraction of sp³-hybridized carbons (Fsp3) is 0.481. The number of rotatable bonds is 3. The van der Waals surface area contributed by atoms with Gasteiger partial charge in [0.1, 0.15) is 0 Å². The Kier molecular flexibility index (Phi) is 3.20. The smallest absolute Gasteiger partial charge is 0.166 e. The fourth-order valence-corrected chi connectivity index (χ4v) is 7.72. The Morgan fingerprint density at radius 1 is 1.22 bits per heavy atom. The van der Waals surface area contributed by atoms with Crippen molar-refractivity contribution in [2.75, 3.05) is 20.2 Å². The quantitative estimate of drug-likeness (QED) is 0.665.